The first kappa shape index (κ1) is 40.9. The maximum Gasteiger partial charge on any atom is 0.242 e. The average Bonchev–Trinajstić information content (AvgIpc) is 3.18. The van der Waals surface area contributed by atoms with Gasteiger partial charge in [-0.3, -0.25) is 0 Å². The van der Waals surface area contributed by atoms with Crippen LogP contribution in [0.2, 0.25) is 0 Å². The van der Waals surface area contributed by atoms with Crippen molar-refractivity contribution < 1.29 is 0 Å². The summed E-state index contributed by atoms with van der Waals surface area (Å²) in [5, 5.41) is 2.54. The van der Waals surface area contributed by atoms with Gasteiger partial charge in [0.2, 0.25) is 13.4 Å². The van der Waals surface area contributed by atoms with Crippen molar-refractivity contribution in [2.75, 3.05) is 0 Å². The molecule has 0 bridgehead atoms. The minimum atomic E-state index is 0.144. The van der Waals surface area contributed by atoms with E-state index in [4.69, 9.17) is 0 Å². The van der Waals surface area contributed by atoms with E-state index in [1.165, 1.54) is 133 Å². The summed E-state index contributed by atoms with van der Waals surface area (Å²) < 4.78 is 0. The molecule has 60 heavy (non-hydrogen) atoms. The molecule has 0 radical (unpaired) electrons. The molecule has 0 nitrogen and oxygen atoms in total. The van der Waals surface area contributed by atoms with E-state index in [2.05, 4.69) is 217 Å². The SMILES string of the molecule is Cc1cc(C)c(B(c2ccc(-c3cccc4cccc(-c5ccc(B(c6c(C)cc(C)cc6C)c6c(C)cc(C)cc6C)cc5)c34)cc2)c2c(C)cc(C)cc2C)c(C)c1. The minimum Gasteiger partial charge on any atom is -0.0686 e. The van der Waals surface area contributed by atoms with Gasteiger partial charge in [0.1, 0.15) is 0 Å². The topological polar surface area (TPSA) is 0 Å². The van der Waals surface area contributed by atoms with Gasteiger partial charge in [-0.05, 0) is 116 Å². The lowest BCUT2D eigenvalue weighted by atomic mass is 9.34. The molecule has 0 N–H and O–H groups in total. The number of fused-ring (bicyclic) bond motifs is 1. The molecule has 0 aliphatic carbocycles. The molecule has 8 aromatic carbocycles. The largest absolute Gasteiger partial charge is 0.242 e. The van der Waals surface area contributed by atoms with Crippen LogP contribution in [0, 0.1) is 83.1 Å². The van der Waals surface area contributed by atoms with Crippen LogP contribution in [0.1, 0.15) is 66.8 Å². The lowest BCUT2D eigenvalue weighted by Gasteiger charge is -2.25. The standard InChI is InChI=1S/C58H58B2/c1-35-27-39(5)55(40(6)28-35)59(56-41(7)29-36(2)30-42(56)8)50-23-19-47(20-24-50)52-17-13-15-49-16-14-18-53(54(49)52)48-21-25-51(26-22-48)60(57-43(9)31-37(3)32-44(57)10)58-45(11)33-38(4)34-46(58)12/h13-34H,1-12H3. The van der Waals surface area contributed by atoms with Crippen LogP contribution in [0.25, 0.3) is 33.0 Å². The summed E-state index contributed by atoms with van der Waals surface area (Å²) >= 11 is 0. The molecule has 0 amide bonds. The smallest absolute Gasteiger partial charge is 0.0686 e. The molecular weight excluding hydrogens is 718 g/mol. The number of rotatable bonds is 8. The summed E-state index contributed by atoms with van der Waals surface area (Å²) in [5.41, 5.74) is 29.4. The van der Waals surface area contributed by atoms with Gasteiger partial charge in [-0.25, -0.2) is 0 Å². The average molecular weight is 777 g/mol. The zero-order valence-corrected chi connectivity index (χ0v) is 37.9. The van der Waals surface area contributed by atoms with Crippen molar-refractivity contribution in [2.45, 2.75) is 83.1 Å². The monoisotopic (exact) mass is 776 g/mol. The van der Waals surface area contributed by atoms with E-state index in [-0.39, 0.29) is 13.4 Å². The molecule has 0 heterocycles. The Morgan fingerprint density at radius 2 is 0.533 bits per heavy atom. The van der Waals surface area contributed by atoms with Gasteiger partial charge in [-0.2, -0.15) is 0 Å². The molecule has 0 aliphatic rings. The quantitative estimate of drug-likeness (QED) is 0.135. The van der Waals surface area contributed by atoms with E-state index in [9.17, 15) is 0 Å². The zero-order chi connectivity index (χ0) is 42.6. The predicted molar refractivity (Wildman–Crippen MR) is 267 cm³/mol. The molecule has 0 spiro atoms. The van der Waals surface area contributed by atoms with Gasteiger partial charge in [0, 0.05) is 0 Å². The van der Waals surface area contributed by atoms with E-state index in [1.54, 1.807) is 0 Å². The fourth-order valence-corrected chi connectivity index (χ4v) is 11.1. The second-order valence-electron chi connectivity index (χ2n) is 18.1. The molecule has 0 atom stereocenters. The Morgan fingerprint density at radius 3 is 0.783 bits per heavy atom. The minimum absolute atomic E-state index is 0.144. The highest BCUT2D eigenvalue weighted by molar-refractivity contribution is 6.97. The third-order valence-corrected chi connectivity index (χ3v) is 13.1. The van der Waals surface area contributed by atoms with Crippen LogP contribution in [0.3, 0.4) is 0 Å². The highest BCUT2D eigenvalue weighted by Gasteiger charge is 2.30. The Labute approximate surface area is 360 Å². The number of hydrogen-bond donors (Lipinski definition) is 0. The van der Waals surface area contributed by atoms with Crippen LogP contribution in [0.4, 0.5) is 0 Å². The van der Waals surface area contributed by atoms with Gasteiger partial charge in [-0.15, -0.1) is 0 Å². The van der Waals surface area contributed by atoms with Crippen molar-refractivity contribution >= 4 is 57.0 Å². The molecule has 0 fully saturated rings. The summed E-state index contributed by atoms with van der Waals surface area (Å²) in [7, 11) is 0. The highest BCUT2D eigenvalue weighted by atomic mass is 14.2. The summed E-state index contributed by atoms with van der Waals surface area (Å²) in [6, 6.07) is 51.3. The Kier molecular flexibility index (Phi) is 11.1. The number of aryl methyl sites for hydroxylation is 12. The van der Waals surface area contributed by atoms with Crippen LogP contribution < -0.4 is 32.8 Å². The Morgan fingerprint density at radius 1 is 0.283 bits per heavy atom. The van der Waals surface area contributed by atoms with E-state index in [0.29, 0.717) is 0 Å². The molecule has 2 heteroatoms. The van der Waals surface area contributed by atoms with E-state index in [1.807, 2.05) is 0 Å². The maximum atomic E-state index is 2.39. The van der Waals surface area contributed by atoms with Gasteiger partial charge in [0.25, 0.3) is 0 Å². The van der Waals surface area contributed by atoms with E-state index in [0.717, 1.165) is 0 Å². The third kappa shape index (κ3) is 7.58. The fourth-order valence-electron chi connectivity index (χ4n) is 11.1. The summed E-state index contributed by atoms with van der Waals surface area (Å²) in [6.45, 7) is 27.4. The Balaban J connectivity index is 1.24. The van der Waals surface area contributed by atoms with Crippen LogP contribution in [-0.4, -0.2) is 13.4 Å². The zero-order valence-electron chi connectivity index (χ0n) is 37.9. The van der Waals surface area contributed by atoms with Crippen LogP contribution in [0.5, 0.6) is 0 Å². The second-order valence-corrected chi connectivity index (χ2v) is 18.1. The first-order valence-corrected chi connectivity index (χ1v) is 21.7. The highest BCUT2D eigenvalue weighted by Crippen LogP contribution is 2.36. The van der Waals surface area contributed by atoms with Gasteiger partial charge in [0.15, 0.2) is 0 Å². The van der Waals surface area contributed by atoms with Gasteiger partial charge < -0.3 is 0 Å². The molecule has 0 saturated carbocycles. The normalized spacial score (nSPS) is 11.3. The molecule has 0 saturated heterocycles. The molecular formula is C58H58B2. The molecule has 0 aromatic heterocycles. The van der Waals surface area contributed by atoms with Gasteiger partial charge >= 0.3 is 0 Å². The second kappa shape index (κ2) is 16.3. The molecule has 296 valence electrons. The lowest BCUT2D eigenvalue weighted by Crippen LogP contribution is -2.55. The van der Waals surface area contributed by atoms with Crippen molar-refractivity contribution in [2.24, 2.45) is 0 Å². The van der Waals surface area contributed by atoms with Crippen molar-refractivity contribution in [3.8, 4) is 22.3 Å². The summed E-state index contributed by atoms with van der Waals surface area (Å²) in [6.07, 6.45) is 0. The van der Waals surface area contributed by atoms with Crippen molar-refractivity contribution in [3.63, 3.8) is 0 Å². The van der Waals surface area contributed by atoms with E-state index >= 15 is 0 Å². The van der Waals surface area contributed by atoms with Crippen molar-refractivity contribution in [3.05, 3.63) is 200 Å². The summed E-state index contributed by atoms with van der Waals surface area (Å²) in [4.78, 5) is 0. The maximum absolute atomic E-state index is 2.39. The van der Waals surface area contributed by atoms with Gasteiger partial charge in [0.05, 0.1) is 0 Å². The van der Waals surface area contributed by atoms with Crippen LogP contribution >= 0.6 is 0 Å². The lowest BCUT2D eigenvalue weighted by molar-refractivity contribution is 1.34. The molecule has 8 rings (SSSR count). The number of hydrogen-bond acceptors (Lipinski definition) is 0. The Bertz CT molecular complexity index is 2520. The Hall–Kier alpha value is -5.85. The summed E-state index contributed by atoms with van der Waals surface area (Å²) in [5.74, 6) is 0. The molecule has 8 aromatic rings. The van der Waals surface area contributed by atoms with Crippen molar-refractivity contribution in [1.29, 1.82) is 0 Å². The van der Waals surface area contributed by atoms with Crippen molar-refractivity contribution in [1.82, 2.24) is 0 Å². The van der Waals surface area contributed by atoms with Gasteiger partial charge in [-0.1, -0.05) is 233 Å². The molecule has 0 unspecified atom stereocenters. The molecule has 0 aliphatic heterocycles. The first-order valence-electron chi connectivity index (χ1n) is 21.7. The third-order valence-electron chi connectivity index (χ3n) is 13.1. The fraction of sp³-hybridized carbons (Fsp3) is 0.207. The van der Waals surface area contributed by atoms with E-state index < -0.39 is 0 Å². The number of benzene rings is 8. The van der Waals surface area contributed by atoms with Crippen LogP contribution in [-0.2, 0) is 0 Å². The predicted octanol–water partition coefficient (Wildman–Crippen LogP) is 10.9. The van der Waals surface area contributed by atoms with Crippen LogP contribution in [0.15, 0.2) is 133 Å². The first-order chi connectivity index (χ1) is 28.7.